The Kier molecular flexibility index (Phi) is 8.65. The highest BCUT2D eigenvalue weighted by Crippen LogP contribution is 2.36. The van der Waals surface area contributed by atoms with Gasteiger partial charge in [-0.25, -0.2) is 4.79 Å². The highest BCUT2D eigenvalue weighted by molar-refractivity contribution is 7.51. The van der Waals surface area contributed by atoms with Crippen molar-refractivity contribution in [3.05, 3.63) is 12.2 Å². The van der Waals surface area contributed by atoms with Gasteiger partial charge in [0.15, 0.2) is 0 Å². The molecule has 0 saturated heterocycles. The Morgan fingerprint density at radius 1 is 1.17 bits per heavy atom. The first kappa shape index (κ1) is 21.4. The molecule has 0 bridgehead atoms. The summed E-state index contributed by atoms with van der Waals surface area (Å²) in [5.41, 5.74) is 0.281. The molecule has 140 valence electrons. The van der Waals surface area contributed by atoms with Gasteiger partial charge in [0.25, 0.3) is 0 Å². The minimum Gasteiger partial charge on any atom is -0.458 e. The van der Waals surface area contributed by atoms with E-state index >= 15 is 0 Å². The lowest BCUT2D eigenvalue weighted by Crippen LogP contribution is -2.38. The molecule has 1 aliphatic rings. The number of unbranched alkanes of at least 4 members (excludes halogenated alkanes) is 1. The van der Waals surface area contributed by atoms with Crippen molar-refractivity contribution in [3.8, 4) is 0 Å². The van der Waals surface area contributed by atoms with Crippen LogP contribution in [0, 0.1) is 17.8 Å². The summed E-state index contributed by atoms with van der Waals surface area (Å²) in [6.07, 6.45) is 2.82. The molecule has 1 aliphatic carbocycles. The molecule has 1 fully saturated rings. The van der Waals surface area contributed by atoms with Crippen LogP contribution in [0.2, 0.25) is 0 Å². The van der Waals surface area contributed by atoms with Gasteiger partial charge >= 0.3 is 13.6 Å². The van der Waals surface area contributed by atoms with Crippen LogP contribution in [0.15, 0.2) is 12.2 Å². The summed E-state index contributed by atoms with van der Waals surface area (Å²) < 4.78 is 21.7. The summed E-state index contributed by atoms with van der Waals surface area (Å²) >= 11 is 0. The molecule has 2 unspecified atom stereocenters. The molecule has 0 aromatic rings. The molecule has 0 aliphatic heterocycles. The molecule has 1 saturated carbocycles. The van der Waals surface area contributed by atoms with Crippen LogP contribution in [-0.4, -0.2) is 41.2 Å². The van der Waals surface area contributed by atoms with E-state index in [0.29, 0.717) is 37.2 Å². The zero-order valence-electron chi connectivity index (χ0n) is 14.9. The Morgan fingerprint density at radius 3 is 2.29 bits per heavy atom. The molecule has 1 rings (SSSR count). The van der Waals surface area contributed by atoms with Crippen molar-refractivity contribution >= 4 is 13.6 Å². The summed E-state index contributed by atoms with van der Waals surface area (Å²) in [6, 6.07) is 0. The summed E-state index contributed by atoms with van der Waals surface area (Å²) in [6.45, 7) is 10.6. The van der Waals surface area contributed by atoms with Gasteiger partial charge < -0.3 is 19.3 Å². The number of carbonyl (C=O) groups is 1. The van der Waals surface area contributed by atoms with Crippen molar-refractivity contribution in [2.75, 3.05) is 19.4 Å². The van der Waals surface area contributed by atoms with Gasteiger partial charge in [0, 0.05) is 12.8 Å². The fraction of sp³-hybridized carbons (Fsp3) is 0.824. The number of hydrogen-bond acceptors (Lipinski definition) is 4. The second kappa shape index (κ2) is 9.71. The van der Waals surface area contributed by atoms with Gasteiger partial charge in [0.05, 0.1) is 12.2 Å². The van der Waals surface area contributed by atoms with Gasteiger partial charge in [0.2, 0.25) is 0 Å². The monoisotopic (exact) mass is 362 g/mol. The van der Waals surface area contributed by atoms with Crippen molar-refractivity contribution < 1.29 is 28.6 Å². The summed E-state index contributed by atoms with van der Waals surface area (Å²) in [5.74, 6) is 0.927. The summed E-state index contributed by atoms with van der Waals surface area (Å²) in [7, 11) is -3.93. The molecule has 0 aromatic carbocycles. The molecule has 2 atom stereocenters. The second-order valence-electron chi connectivity index (χ2n) is 7.15. The SMILES string of the molecule is C=C(COCCCCP(=O)(O)O)C(=O)OC1C(C)CC(C)CC1C. The molecule has 0 radical (unpaired) electrons. The Hall–Kier alpha value is -0.680. The molecule has 2 N–H and O–H groups in total. The first-order chi connectivity index (χ1) is 11.1. The Morgan fingerprint density at radius 2 is 1.75 bits per heavy atom. The van der Waals surface area contributed by atoms with E-state index in [4.69, 9.17) is 19.3 Å². The Labute approximate surface area is 144 Å². The molecule has 24 heavy (non-hydrogen) atoms. The van der Waals surface area contributed by atoms with E-state index < -0.39 is 13.6 Å². The average molecular weight is 362 g/mol. The number of carbonyl (C=O) groups excluding carboxylic acids is 1. The van der Waals surface area contributed by atoms with E-state index in [0.717, 1.165) is 12.8 Å². The van der Waals surface area contributed by atoms with Crippen molar-refractivity contribution in [3.63, 3.8) is 0 Å². The van der Waals surface area contributed by atoms with E-state index in [1.807, 2.05) is 0 Å². The predicted molar refractivity (Wildman–Crippen MR) is 92.7 cm³/mol. The highest BCUT2D eigenvalue weighted by atomic mass is 31.2. The normalized spacial score (nSPS) is 27.7. The zero-order chi connectivity index (χ0) is 18.3. The van der Waals surface area contributed by atoms with Crippen molar-refractivity contribution in [1.29, 1.82) is 0 Å². The maximum Gasteiger partial charge on any atom is 0.336 e. The van der Waals surface area contributed by atoms with Gasteiger partial charge in [-0.2, -0.15) is 0 Å². The van der Waals surface area contributed by atoms with Crippen LogP contribution >= 0.6 is 7.60 Å². The minimum absolute atomic E-state index is 0.0753. The van der Waals surface area contributed by atoms with Crippen LogP contribution in [-0.2, 0) is 18.8 Å². The average Bonchev–Trinajstić information content (AvgIpc) is 2.44. The third-order valence-corrected chi connectivity index (χ3v) is 5.36. The van der Waals surface area contributed by atoms with Gasteiger partial charge in [0.1, 0.15) is 6.10 Å². The van der Waals surface area contributed by atoms with Crippen LogP contribution < -0.4 is 0 Å². The molecule has 7 heteroatoms. The third kappa shape index (κ3) is 7.93. The lowest BCUT2D eigenvalue weighted by atomic mass is 9.75. The smallest absolute Gasteiger partial charge is 0.336 e. The lowest BCUT2D eigenvalue weighted by molar-refractivity contribution is -0.153. The number of rotatable bonds is 9. The molecule has 0 heterocycles. The second-order valence-corrected chi connectivity index (χ2v) is 8.93. The zero-order valence-corrected chi connectivity index (χ0v) is 15.8. The van der Waals surface area contributed by atoms with Crippen LogP contribution in [0.4, 0.5) is 0 Å². The Balaban J connectivity index is 2.25. The van der Waals surface area contributed by atoms with Gasteiger partial charge in [-0.3, -0.25) is 4.57 Å². The van der Waals surface area contributed by atoms with Crippen molar-refractivity contribution in [2.45, 2.75) is 52.6 Å². The predicted octanol–water partition coefficient (Wildman–Crippen LogP) is 3.13. The quantitative estimate of drug-likeness (QED) is 0.283. The first-order valence-corrected chi connectivity index (χ1v) is 10.4. The largest absolute Gasteiger partial charge is 0.458 e. The molecular formula is C17H31O6P. The summed E-state index contributed by atoms with van der Waals surface area (Å²) in [4.78, 5) is 29.6. The van der Waals surface area contributed by atoms with E-state index in [1.54, 1.807) is 0 Å². The van der Waals surface area contributed by atoms with E-state index in [1.165, 1.54) is 0 Å². The summed E-state index contributed by atoms with van der Waals surface area (Å²) in [5, 5.41) is 0. The highest BCUT2D eigenvalue weighted by Gasteiger charge is 2.34. The van der Waals surface area contributed by atoms with Gasteiger partial charge in [-0.15, -0.1) is 0 Å². The Bertz CT molecular complexity index is 460. The molecule has 0 spiro atoms. The van der Waals surface area contributed by atoms with Crippen LogP contribution in [0.1, 0.15) is 46.5 Å². The van der Waals surface area contributed by atoms with Crippen molar-refractivity contribution in [1.82, 2.24) is 0 Å². The lowest BCUT2D eigenvalue weighted by Gasteiger charge is -2.37. The number of hydrogen-bond donors (Lipinski definition) is 2. The van der Waals surface area contributed by atoms with Gasteiger partial charge in [-0.05, 0) is 43.4 Å². The minimum atomic E-state index is -3.93. The standard InChI is InChI=1S/C17H31O6P/c1-12-9-13(2)16(14(3)10-12)23-17(18)15(4)11-22-7-5-6-8-24(19,20)21/h12-14,16H,4-11H2,1-3H3,(H2,19,20,21). The maximum absolute atomic E-state index is 12.1. The third-order valence-electron chi connectivity index (χ3n) is 4.47. The fourth-order valence-corrected chi connectivity index (χ4v) is 4.05. The van der Waals surface area contributed by atoms with Crippen LogP contribution in [0.3, 0.4) is 0 Å². The van der Waals surface area contributed by atoms with E-state index in [9.17, 15) is 9.36 Å². The maximum atomic E-state index is 12.1. The number of ether oxygens (including phenoxy) is 2. The van der Waals surface area contributed by atoms with Gasteiger partial charge in [-0.1, -0.05) is 27.4 Å². The van der Waals surface area contributed by atoms with E-state index in [-0.39, 0.29) is 24.4 Å². The molecule has 6 nitrogen and oxygen atoms in total. The molecule has 0 amide bonds. The molecule has 0 aromatic heterocycles. The number of esters is 1. The molecular weight excluding hydrogens is 331 g/mol. The first-order valence-electron chi connectivity index (χ1n) is 8.61. The van der Waals surface area contributed by atoms with Crippen molar-refractivity contribution in [2.24, 2.45) is 17.8 Å². The van der Waals surface area contributed by atoms with E-state index in [2.05, 4.69) is 27.4 Å². The topological polar surface area (TPSA) is 93.1 Å². The van der Waals surface area contributed by atoms with Crippen LogP contribution in [0.5, 0.6) is 0 Å². The van der Waals surface area contributed by atoms with Crippen LogP contribution in [0.25, 0.3) is 0 Å². The fourth-order valence-electron chi connectivity index (χ4n) is 3.41.